The first-order chi connectivity index (χ1) is 26.3. The minimum Gasteiger partial charge on any atom is -0.378 e. The molecule has 0 amide bonds. The Morgan fingerprint density at radius 2 is 1.30 bits per heavy atom. The molecular formula is C48H39N5. The number of benzene rings is 6. The van der Waals surface area contributed by atoms with E-state index in [0.29, 0.717) is 0 Å². The van der Waals surface area contributed by atoms with Crippen LogP contribution in [-0.2, 0) is 0 Å². The van der Waals surface area contributed by atoms with Crippen molar-refractivity contribution in [2.75, 3.05) is 4.90 Å². The molecule has 0 spiro atoms. The van der Waals surface area contributed by atoms with Crippen molar-refractivity contribution in [1.82, 2.24) is 15.3 Å². The van der Waals surface area contributed by atoms with Crippen molar-refractivity contribution in [2.24, 2.45) is 5.10 Å². The van der Waals surface area contributed by atoms with Crippen LogP contribution in [0.15, 0.2) is 193 Å². The van der Waals surface area contributed by atoms with Crippen molar-refractivity contribution in [1.29, 1.82) is 0 Å². The molecule has 1 aliphatic heterocycles. The first-order valence-electron chi connectivity index (χ1n) is 18.6. The van der Waals surface area contributed by atoms with Crippen LogP contribution in [-0.4, -0.2) is 16.4 Å². The lowest BCUT2D eigenvalue weighted by Crippen LogP contribution is -2.34. The topological polar surface area (TPSA) is 44.6 Å². The van der Waals surface area contributed by atoms with Crippen LogP contribution in [0.4, 0.5) is 5.69 Å². The summed E-state index contributed by atoms with van der Waals surface area (Å²) in [5.41, 5.74) is 12.9. The molecule has 2 N–H and O–H groups in total. The van der Waals surface area contributed by atoms with Gasteiger partial charge in [0.25, 0.3) is 0 Å². The molecular weight excluding hydrogens is 647 g/mol. The lowest BCUT2D eigenvalue weighted by molar-refractivity contribution is 0.612. The van der Waals surface area contributed by atoms with Gasteiger partial charge in [-0.1, -0.05) is 146 Å². The Labute approximate surface area is 309 Å². The van der Waals surface area contributed by atoms with Crippen molar-refractivity contribution in [3.05, 3.63) is 204 Å². The van der Waals surface area contributed by atoms with Gasteiger partial charge in [-0.15, -0.1) is 0 Å². The third kappa shape index (κ3) is 5.44. The van der Waals surface area contributed by atoms with Crippen molar-refractivity contribution in [3.8, 4) is 0 Å². The molecule has 3 aliphatic rings. The number of aromatic nitrogens is 1. The van der Waals surface area contributed by atoms with E-state index in [0.717, 1.165) is 35.5 Å². The summed E-state index contributed by atoms with van der Waals surface area (Å²) in [5, 5.41) is 13.9. The van der Waals surface area contributed by atoms with Crippen molar-refractivity contribution in [3.63, 3.8) is 0 Å². The molecule has 7 aromatic rings. The van der Waals surface area contributed by atoms with Gasteiger partial charge in [-0.2, -0.15) is 5.10 Å². The molecule has 1 aromatic heterocycles. The lowest BCUT2D eigenvalue weighted by Gasteiger charge is -2.31. The lowest BCUT2D eigenvalue weighted by atomic mass is 9.83. The Balaban J connectivity index is 1.12. The number of hydrazone groups is 1. The van der Waals surface area contributed by atoms with Gasteiger partial charge in [-0.25, -0.2) is 0 Å². The largest absolute Gasteiger partial charge is 0.378 e. The molecule has 5 heteroatoms. The zero-order valence-electron chi connectivity index (χ0n) is 29.3. The van der Waals surface area contributed by atoms with E-state index in [1.165, 1.54) is 49.5 Å². The SMILES string of the molecule is C1=CC(NC2C=CC(n3c4ccccc4c4ccccc43)=CC2c2cccc3c(C4=NNC(c5ccccc5)N4c4ccccc4)cccc23)=CCC1. The van der Waals surface area contributed by atoms with Gasteiger partial charge in [0.1, 0.15) is 6.17 Å². The molecule has 0 saturated heterocycles. The average Bonchev–Trinajstić information content (AvgIpc) is 3.82. The number of allylic oxidation sites excluding steroid dienone is 5. The van der Waals surface area contributed by atoms with Crippen molar-refractivity contribution in [2.45, 2.75) is 31.0 Å². The van der Waals surface area contributed by atoms with Gasteiger partial charge in [-0.05, 0) is 71.2 Å². The van der Waals surface area contributed by atoms with Gasteiger partial charge < -0.3 is 9.88 Å². The van der Waals surface area contributed by atoms with E-state index in [9.17, 15) is 0 Å². The number of nitrogens with zero attached hydrogens (tertiary/aromatic N) is 3. The molecule has 3 unspecified atom stereocenters. The fourth-order valence-corrected chi connectivity index (χ4v) is 8.43. The van der Waals surface area contributed by atoms with E-state index in [2.05, 4.69) is 202 Å². The number of amidine groups is 1. The van der Waals surface area contributed by atoms with Crippen molar-refractivity contribution >= 4 is 49.8 Å². The average molecular weight is 686 g/mol. The number of para-hydroxylation sites is 3. The highest BCUT2D eigenvalue weighted by Gasteiger charge is 2.33. The Morgan fingerprint density at radius 3 is 2.06 bits per heavy atom. The third-order valence-corrected chi connectivity index (χ3v) is 10.9. The van der Waals surface area contributed by atoms with Gasteiger partial charge in [0.2, 0.25) is 0 Å². The summed E-state index contributed by atoms with van der Waals surface area (Å²) in [5.74, 6) is 0.959. The van der Waals surface area contributed by atoms with E-state index < -0.39 is 0 Å². The first kappa shape index (κ1) is 31.2. The standard InChI is InChI=1S/C48H39N5/c1-4-16-33(17-5-1)47-50-51-48(53(47)35-20-8-3-9-21-35)42-27-15-24-37-38(42)25-14-26-39(37)43-32-36(30-31-44(43)49-34-18-6-2-7-19-34)52-45-28-12-10-22-40(45)41-23-11-13-29-46(41)52/h1,3-6,8-32,43-44,47,49-50H,2,7H2. The van der Waals surface area contributed by atoms with Crippen LogP contribution < -0.4 is 15.6 Å². The molecule has 53 heavy (non-hydrogen) atoms. The van der Waals surface area contributed by atoms with Gasteiger partial charge in [-0.3, -0.25) is 10.3 Å². The summed E-state index contributed by atoms with van der Waals surface area (Å²) in [7, 11) is 0. The molecule has 2 heterocycles. The summed E-state index contributed by atoms with van der Waals surface area (Å²) in [4.78, 5) is 2.33. The smallest absolute Gasteiger partial charge is 0.162 e. The zero-order chi connectivity index (χ0) is 35.1. The molecule has 0 saturated carbocycles. The second-order valence-corrected chi connectivity index (χ2v) is 14.0. The number of anilines is 1. The van der Waals surface area contributed by atoms with E-state index in [1.807, 2.05) is 0 Å². The second kappa shape index (κ2) is 13.2. The summed E-state index contributed by atoms with van der Waals surface area (Å²) in [6.45, 7) is 0. The second-order valence-electron chi connectivity index (χ2n) is 14.0. The van der Waals surface area contributed by atoms with Crippen LogP contribution in [0, 0.1) is 0 Å². The van der Waals surface area contributed by atoms with Gasteiger partial charge >= 0.3 is 0 Å². The minimum atomic E-state index is -0.127. The highest BCUT2D eigenvalue weighted by Crippen LogP contribution is 2.40. The highest BCUT2D eigenvalue weighted by atomic mass is 15.5. The van der Waals surface area contributed by atoms with Crippen molar-refractivity contribution < 1.29 is 0 Å². The van der Waals surface area contributed by atoms with E-state index in [-0.39, 0.29) is 18.1 Å². The Bertz CT molecular complexity index is 2590. The highest BCUT2D eigenvalue weighted by molar-refractivity contribution is 6.18. The number of rotatable bonds is 7. The molecule has 10 rings (SSSR count). The summed E-state index contributed by atoms with van der Waals surface area (Å²) in [6, 6.07) is 52.2. The van der Waals surface area contributed by atoms with Gasteiger partial charge in [0.05, 0.1) is 17.1 Å². The summed E-state index contributed by atoms with van der Waals surface area (Å²) < 4.78 is 2.43. The predicted molar refractivity (Wildman–Crippen MR) is 221 cm³/mol. The zero-order valence-corrected chi connectivity index (χ0v) is 29.3. The number of fused-ring (bicyclic) bond motifs is 4. The molecule has 5 nitrogen and oxygen atoms in total. The molecule has 2 aliphatic carbocycles. The van der Waals surface area contributed by atoms with Crippen LogP contribution in [0.3, 0.4) is 0 Å². The third-order valence-electron chi connectivity index (χ3n) is 10.9. The summed E-state index contributed by atoms with van der Waals surface area (Å²) >= 11 is 0. The monoisotopic (exact) mass is 685 g/mol. The Morgan fingerprint density at radius 1 is 0.623 bits per heavy atom. The molecule has 0 fully saturated rings. The maximum atomic E-state index is 5.05. The Hall–Kier alpha value is -6.59. The maximum Gasteiger partial charge on any atom is 0.162 e. The van der Waals surface area contributed by atoms with E-state index in [4.69, 9.17) is 5.10 Å². The van der Waals surface area contributed by atoms with Gasteiger partial charge in [0.15, 0.2) is 5.84 Å². The maximum absolute atomic E-state index is 5.05. The first-order valence-corrected chi connectivity index (χ1v) is 18.6. The fourth-order valence-electron chi connectivity index (χ4n) is 8.43. The quantitative estimate of drug-likeness (QED) is 0.176. The van der Waals surface area contributed by atoms with Crippen LogP contribution >= 0.6 is 0 Å². The van der Waals surface area contributed by atoms with E-state index in [1.54, 1.807) is 0 Å². The molecule has 3 atom stereocenters. The normalized spacial score (nSPS) is 19.7. The number of hydrogen-bond acceptors (Lipinski definition) is 4. The predicted octanol–water partition coefficient (Wildman–Crippen LogP) is 10.8. The molecule has 6 aromatic carbocycles. The Kier molecular flexibility index (Phi) is 7.76. The van der Waals surface area contributed by atoms with Crippen LogP contribution in [0.25, 0.3) is 38.3 Å². The molecule has 0 radical (unpaired) electrons. The van der Waals surface area contributed by atoms with Crippen LogP contribution in [0.5, 0.6) is 0 Å². The fraction of sp³-hybridized carbons (Fsp3) is 0.104. The van der Waals surface area contributed by atoms with Gasteiger partial charge in [0, 0.05) is 39.3 Å². The molecule has 0 bridgehead atoms. The molecule has 256 valence electrons. The van der Waals surface area contributed by atoms with E-state index >= 15 is 0 Å². The van der Waals surface area contributed by atoms with Crippen LogP contribution in [0.2, 0.25) is 0 Å². The van der Waals surface area contributed by atoms with Crippen LogP contribution in [0.1, 0.15) is 41.6 Å². The number of hydrogen-bond donors (Lipinski definition) is 2. The minimum absolute atomic E-state index is 0.0519. The summed E-state index contributed by atoms with van der Waals surface area (Å²) in [6.07, 6.45) is 16.0. The number of nitrogens with one attached hydrogen (secondary N) is 2.